The molecule has 2 bridgehead atoms. The van der Waals surface area contributed by atoms with Crippen molar-refractivity contribution in [2.45, 2.75) is 69.7 Å². The van der Waals surface area contributed by atoms with Crippen molar-refractivity contribution in [2.75, 3.05) is 5.73 Å². The van der Waals surface area contributed by atoms with Crippen LogP contribution in [-0.4, -0.2) is 32.6 Å². The fraction of sp³-hybridized carbons (Fsp3) is 0.524. The number of ether oxygens (including phenoxy) is 1. The van der Waals surface area contributed by atoms with Crippen molar-refractivity contribution in [1.82, 2.24) is 10.2 Å². The van der Waals surface area contributed by atoms with Gasteiger partial charge < -0.3 is 20.7 Å². The normalized spacial score (nSPS) is 23.6. The predicted molar refractivity (Wildman–Crippen MR) is 108 cm³/mol. The second kappa shape index (κ2) is 8.23. The predicted octanol–water partition coefficient (Wildman–Crippen LogP) is 4.17. The molecule has 0 unspecified atom stereocenters. The van der Waals surface area contributed by atoms with Gasteiger partial charge in [-0.25, -0.2) is 0 Å². The van der Waals surface area contributed by atoms with E-state index in [-0.39, 0.29) is 24.1 Å². The molecule has 4 N–H and O–H groups in total. The summed E-state index contributed by atoms with van der Waals surface area (Å²) in [6.45, 7) is 0. The van der Waals surface area contributed by atoms with Gasteiger partial charge in [0.2, 0.25) is 0 Å². The van der Waals surface area contributed by atoms with Crippen molar-refractivity contribution >= 4 is 17.4 Å². The molecule has 1 aromatic heterocycles. The van der Waals surface area contributed by atoms with Gasteiger partial charge in [-0.3, -0.25) is 0 Å². The molecule has 2 atom stereocenters. The number of aromatic hydroxyl groups is 1. The number of phenolic OH excluding ortho intramolecular Hbond substituents is 1. The lowest BCUT2D eigenvalue weighted by Crippen LogP contribution is -2.21. The van der Waals surface area contributed by atoms with Gasteiger partial charge in [-0.05, 0) is 49.4 Å². The molecule has 0 spiro atoms. The van der Waals surface area contributed by atoms with Crippen molar-refractivity contribution < 1.29 is 14.9 Å². The first-order valence-electron chi connectivity index (χ1n) is 10.00. The monoisotopic (exact) mass is 403 g/mol. The number of benzene rings is 1. The number of nitrogens with zero attached hydrogens (tertiary/aromatic N) is 2. The molecule has 5 rings (SSSR count). The third kappa shape index (κ3) is 3.95. The van der Waals surface area contributed by atoms with Gasteiger partial charge in [0.05, 0.1) is 18.3 Å². The van der Waals surface area contributed by atoms with Gasteiger partial charge in [0, 0.05) is 22.6 Å². The largest absolute Gasteiger partial charge is 0.507 e. The van der Waals surface area contributed by atoms with Gasteiger partial charge in [0.1, 0.15) is 11.4 Å². The number of halogens is 1. The van der Waals surface area contributed by atoms with E-state index in [1.165, 1.54) is 25.3 Å². The molecule has 3 aliphatic rings. The van der Waals surface area contributed by atoms with E-state index in [0.29, 0.717) is 22.1 Å². The van der Waals surface area contributed by atoms with Crippen LogP contribution in [0.15, 0.2) is 18.2 Å². The summed E-state index contributed by atoms with van der Waals surface area (Å²) in [5, 5.41) is 27.8. The maximum atomic E-state index is 10.1. The summed E-state index contributed by atoms with van der Waals surface area (Å²) in [5.41, 5.74) is 9.28. The van der Waals surface area contributed by atoms with Crippen molar-refractivity contribution in [1.29, 1.82) is 0 Å². The van der Waals surface area contributed by atoms with Gasteiger partial charge in [-0.15, -0.1) is 10.2 Å². The number of nitrogens with two attached hydrogens (primary N) is 1. The first-order valence-corrected chi connectivity index (χ1v) is 10.4. The van der Waals surface area contributed by atoms with Crippen LogP contribution in [0, 0.1) is 0 Å². The van der Waals surface area contributed by atoms with E-state index < -0.39 is 0 Å². The third-order valence-electron chi connectivity index (χ3n) is 5.80. The zero-order chi connectivity index (χ0) is 19.7. The van der Waals surface area contributed by atoms with Crippen LogP contribution in [0.5, 0.6) is 5.75 Å². The van der Waals surface area contributed by atoms with Crippen LogP contribution in [-0.2, 0) is 11.2 Å². The van der Waals surface area contributed by atoms with E-state index in [9.17, 15) is 5.11 Å². The first-order chi connectivity index (χ1) is 13.5. The molecule has 1 aliphatic carbocycles. The topological polar surface area (TPSA) is 101 Å². The second-order valence-electron chi connectivity index (χ2n) is 7.81. The van der Waals surface area contributed by atoms with E-state index in [0.717, 1.165) is 43.2 Å². The standard InChI is InChI=1S/C15H14ClN3O2.C6H12O/c16-7-1-3-9(11(20)5-7)14-10-6-8-2-4-12(21-8)13(10)15(17)19-18-14;7-6-4-2-1-3-5-6/h1,3,5,8,12,20H,2,4,6H2,(H2,17,19);6-7H,1-5H2/t8-,12+;/m1./s1. The molecule has 0 radical (unpaired) electrons. The summed E-state index contributed by atoms with van der Waals surface area (Å²) in [6, 6.07) is 5.00. The van der Waals surface area contributed by atoms with Gasteiger partial charge in [0.15, 0.2) is 5.82 Å². The molecular formula is C21H26ClN3O3. The zero-order valence-electron chi connectivity index (χ0n) is 15.8. The highest BCUT2D eigenvalue weighted by Crippen LogP contribution is 2.46. The Morgan fingerprint density at radius 3 is 2.54 bits per heavy atom. The Morgan fingerprint density at radius 1 is 1.07 bits per heavy atom. The molecule has 2 fully saturated rings. The minimum atomic E-state index is 0.00226. The van der Waals surface area contributed by atoms with Crippen LogP contribution < -0.4 is 5.73 Å². The summed E-state index contributed by atoms with van der Waals surface area (Å²) >= 11 is 5.89. The Morgan fingerprint density at radius 2 is 1.86 bits per heavy atom. The zero-order valence-corrected chi connectivity index (χ0v) is 16.5. The van der Waals surface area contributed by atoms with Crippen LogP contribution in [0.4, 0.5) is 5.82 Å². The van der Waals surface area contributed by atoms with Crippen molar-refractivity contribution in [2.24, 2.45) is 0 Å². The molecule has 1 saturated heterocycles. The number of phenols is 1. The van der Waals surface area contributed by atoms with Gasteiger partial charge in [-0.1, -0.05) is 30.9 Å². The minimum absolute atomic E-state index is 0.00226. The van der Waals surface area contributed by atoms with E-state index >= 15 is 0 Å². The number of aliphatic hydroxyl groups excluding tert-OH is 1. The summed E-state index contributed by atoms with van der Waals surface area (Å²) < 4.78 is 5.91. The average molecular weight is 404 g/mol. The Hall–Kier alpha value is -1.89. The van der Waals surface area contributed by atoms with Crippen LogP contribution in [0.25, 0.3) is 11.3 Å². The number of nitrogen functional groups attached to an aromatic ring is 1. The fourth-order valence-corrected chi connectivity index (χ4v) is 4.53. The molecular weight excluding hydrogens is 378 g/mol. The quantitative estimate of drug-likeness (QED) is 0.660. The maximum Gasteiger partial charge on any atom is 0.152 e. The van der Waals surface area contributed by atoms with Gasteiger partial charge >= 0.3 is 0 Å². The highest BCUT2D eigenvalue weighted by atomic mass is 35.5. The van der Waals surface area contributed by atoms with Gasteiger partial charge in [0.25, 0.3) is 0 Å². The number of anilines is 1. The van der Waals surface area contributed by atoms with Crippen LogP contribution >= 0.6 is 11.6 Å². The number of aliphatic hydroxyl groups is 1. The van der Waals surface area contributed by atoms with Crippen LogP contribution in [0.1, 0.15) is 62.2 Å². The molecule has 0 amide bonds. The van der Waals surface area contributed by atoms with E-state index in [1.54, 1.807) is 12.1 Å². The van der Waals surface area contributed by atoms with E-state index in [2.05, 4.69) is 10.2 Å². The Balaban J connectivity index is 0.000000233. The first kappa shape index (κ1) is 19.4. The summed E-state index contributed by atoms with van der Waals surface area (Å²) in [7, 11) is 0. The third-order valence-corrected chi connectivity index (χ3v) is 6.03. The second-order valence-corrected chi connectivity index (χ2v) is 8.24. The number of rotatable bonds is 1. The molecule has 2 aromatic rings. The SMILES string of the molecule is Nc1nnc(-c2ccc(Cl)cc2O)c2c1[C@@H]1CC[C@H](C2)O1.OC1CCCCC1. The average Bonchev–Trinajstić information content (AvgIpc) is 3.05. The van der Waals surface area contributed by atoms with E-state index in [1.807, 2.05) is 0 Å². The van der Waals surface area contributed by atoms with Crippen molar-refractivity contribution in [3.05, 3.63) is 34.3 Å². The lowest BCUT2D eigenvalue weighted by molar-refractivity contribution is 0.0326. The minimum Gasteiger partial charge on any atom is -0.507 e. The summed E-state index contributed by atoms with van der Waals surface area (Å²) in [5.74, 6) is 0.523. The maximum absolute atomic E-state index is 10.1. The number of hydrogen-bond acceptors (Lipinski definition) is 6. The molecule has 1 saturated carbocycles. The van der Waals surface area contributed by atoms with Crippen LogP contribution in [0.3, 0.4) is 0 Å². The molecule has 1 aromatic carbocycles. The van der Waals surface area contributed by atoms with E-state index in [4.69, 9.17) is 27.2 Å². The number of fused-ring (bicyclic) bond motifs is 4. The lowest BCUT2D eigenvalue weighted by atomic mass is 9.94. The number of aromatic nitrogens is 2. The van der Waals surface area contributed by atoms with Crippen LogP contribution in [0.2, 0.25) is 5.02 Å². The van der Waals surface area contributed by atoms with Gasteiger partial charge in [-0.2, -0.15) is 0 Å². The molecule has 7 heteroatoms. The lowest BCUT2D eigenvalue weighted by Gasteiger charge is -2.26. The highest BCUT2D eigenvalue weighted by molar-refractivity contribution is 6.30. The molecule has 28 heavy (non-hydrogen) atoms. The molecule has 150 valence electrons. The summed E-state index contributed by atoms with van der Waals surface area (Å²) in [6.07, 6.45) is 8.86. The Labute approximate surface area is 169 Å². The highest BCUT2D eigenvalue weighted by Gasteiger charge is 2.37. The summed E-state index contributed by atoms with van der Waals surface area (Å²) in [4.78, 5) is 0. The Bertz CT molecular complexity index is 855. The van der Waals surface area contributed by atoms with Crippen molar-refractivity contribution in [3.8, 4) is 17.0 Å². The molecule has 6 nitrogen and oxygen atoms in total. The van der Waals surface area contributed by atoms with Crippen molar-refractivity contribution in [3.63, 3.8) is 0 Å². The molecule has 3 heterocycles. The molecule has 2 aliphatic heterocycles. The smallest absolute Gasteiger partial charge is 0.152 e. The Kier molecular flexibility index (Phi) is 5.71. The fourth-order valence-electron chi connectivity index (χ4n) is 4.36. The number of hydrogen-bond donors (Lipinski definition) is 3.